The van der Waals surface area contributed by atoms with Crippen molar-refractivity contribution in [3.05, 3.63) is 88.9 Å². The number of sulfonamides is 1. The Morgan fingerprint density at radius 1 is 1.00 bits per heavy atom. The summed E-state index contributed by atoms with van der Waals surface area (Å²) in [5.74, 6) is 0.985. The molecule has 0 fully saturated rings. The summed E-state index contributed by atoms with van der Waals surface area (Å²) in [7, 11) is -2.27. The van der Waals surface area contributed by atoms with E-state index in [4.69, 9.17) is 21.1 Å². The highest BCUT2D eigenvalue weighted by Gasteiger charge is 2.13. The molecule has 29 heavy (non-hydrogen) atoms. The molecular weight excluding hydrogens is 412 g/mol. The van der Waals surface area contributed by atoms with Crippen LogP contribution >= 0.6 is 11.6 Å². The molecule has 0 saturated heterocycles. The number of halogens is 1. The van der Waals surface area contributed by atoms with Crippen molar-refractivity contribution in [2.45, 2.75) is 11.5 Å². The molecule has 0 aliphatic carbocycles. The first-order chi connectivity index (χ1) is 14.0. The van der Waals surface area contributed by atoms with Crippen LogP contribution in [0.1, 0.15) is 11.1 Å². The fraction of sp³-hybridized carbons (Fsp3) is 0.0952. The molecule has 0 saturated carbocycles. The molecule has 0 aromatic heterocycles. The molecule has 0 aliphatic heterocycles. The second-order valence-electron chi connectivity index (χ2n) is 5.96. The van der Waals surface area contributed by atoms with Crippen molar-refractivity contribution < 1.29 is 17.9 Å². The topological polar surface area (TPSA) is 77.0 Å². The zero-order valence-electron chi connectivity index (χ0n) is 15.6. The van der Waals surface area contributed by atoms with Gasteiger partial charge in [-0.25, -0.2) is 4.83 Å². The normalized spacial score (nSPS) is 11.4. The number of hydrogen-bond donors (Lipinski definition) is 1. The van der Waals surface area contributed by atoms with E-state index in [1.165, 1.54) is 37.6 Å². The molecule has 3 aromatic rings. The van der Waals surface area contributed by atoms with Gasteiger partial charge < -0.3 is 9.47 Å². The maximum Gasteiger partial charge on any atom is 0.276 e. The largest absolute Gasteiger partial charge is 0.493 e. The van der Waals surface area contributed by atoms with Crippen molar-refractivity contribution in [2.75, 3.05) is 7.11 Å². The molecule has 0 unspecified atom stereocenters. The van der Waals surface area contributed by atoms with Crippen LogP contribution in [0, 0.1) is 0 Å². The smallest absolute Gasteiger partial charge is 0.276 e. The van der Waals surface area contributed by atoms with Crippen molar-refractivity contribution in [2.24, 2.45) is 5.10 Å². The quantitative estimate of drug-likeness (QED) is 0.428. The van der Waals surface area contributed by atoms with Gasteiger partial charge in [-0.2, -0.15) is 13.5 Å². The predicted octanol–water partition coefficient (Wildman–Crippen LogP) is 4.24. The third kappa shape index (κ3) is 5.49. The minimum Gasteiger partial charge on any atom is -0.493 e. The van der Waals surface area contributed by atoms with Crippen LogP contribution in [0.5, 0.6) is 11.5 Å². The molecule has 150 valence electrons. The Bertz CT molecular complexity index is 1090. The number of benzene rings is 3. The van der Waals surface area contributed by atoms with Crippen LogP contribution in [0.15, 0.2) is 82.8 Å². The number of methoxy groups -OCH3 is 1. The highest BCUT2D eigenvalue weighted by Crippen LogP contribution is 2.30. The molecule has 6 nitrogen and oxygen atoms in total. The van der Waals surface area contributed by atoms with Crippen molar-refractivity contribution in [3.8, 4) is 11.5 Å². The summed E-state index contributed by atoms with van der Waals surface area (Å²) in [6, 6.07) is 20.8. The predicted molar refractivity (Wildman–Crippen MR) is 113 cm³/mol. The van der Waals surface area contributed by atoms with E-state index in [0.717, 1.165) is 5.56 Å². The van der Waals surface area contributed by atoms with Gasteiger partial charge in [-0.05, 0) is 42.0 Å². The van der Waals surface area contributed by atoms with E-state index in [0.29, 0.717) is 28.7 Å². The molecule has 0 bridgehead atoms. The zero-order chi connectivity index (χ0) is 20.7. The van der Waals surface area contributed by atoms with E-state index in [2.05, 4.69) is 9.93 Å². The van der Waals surface area contributed by atoms with Crippen LogP contribution in [-0.2, 0) is 16.6 Å². The first-order valence-corrected chi connectivity index (χ1v) is 10.5. The maximum absolute atomic E-state index is 12.3. The second kappa shape index (κ2) is 9.45. The van der Waals surface area contributed by atoms with Crippen LogP contribution < -0.4 is 14.3 Å². The third-order valence-electron chi connectivity index (χ3n) is 3.96. The molecule has 3 aromatic carbocycles. The number of hydrogen-bond acceptors (Lipinski definition) is 5. The van der Waals surface area contributed by atoms with Crippen molar-refractivity contribution in [3.63, 3.8) is 0 Å². The molecule has 0 heterocycles. The van der Waals surface area contributed by atoms with E-state index in [1.807, 2.05) is 30.3 Å². The van der Waals surface area contributed by atoms with Crippen LogP contribution in [0.3, 0.4) is 0 Å². The standard InChI is InChI=1S/C21H19ClN2O4S/c1-27-20-9-5-8-17(21(20)28-15-16-6-3-2-4-7-16)14-23-24-29(25,26)19-12-10-18(22)11-13-19/h2-14,24H,15H2,1H3/b23-14+. The lowest BCUT2D eigenvalue weighted by Crippen LogP contribution is -2.18. The lowest BCUT2D eigenvalue weighted by Gasteiger charge is -2.13. The summed E-state index contributed by atoms with van der Waals surface area (Å²) in [4.78, 5) is 2.24. The minimum absolute atomic E-state index is 0.0604. The number of nitrogens with zero attached hydrogens (tertiary/aromatic N) is 1. The summed E-state index contributed by atoms with van der Waals surface area (Å²) in [6.07, 6.45) is 1.37. The Morgan fingerprint density at radius 3 is 2.41 bits per heavy atom. The van der Waals surface area contributed by atoms with Gasteiger partial charge in [0.1, 0.15) is 6.61 Å². The van der Waals surface area contributed by atoms with Crippen molar-refractivity contribution in [1.82, 2.24) is 4.83 Å². The van der Waals surface area contributed by atoms with Gasteiger partial charge in [0.25, 0.3) is 10.0 Å². The van der Waals surface area contributed by atoms with E-state index < -0.39 is 10.0 Å². The van der Waals surface area contributed by atoms with Gasteiger partial charge in [0, 0.05) is 10.6 Å². The summed E-state index contributed by atoms with van der Waals surface area (Å²) in [5.41, 5.74) is 1.56. The molecule has 1 N–H and O–H groups in total. The van der Waals surface area contributed by atoms with E-state index in [1.54, 1.807) is 18.2 Å². The minimum atomic E-state index is -3.81. The van der Waals surface area contributed by atoms with Gasteiger partial charge in [0.2, 0.25) is 0 Å². The number of ether oxygens (including phenoxy) is 2. The lowest BCUT2D eigenvalue weighted by atomic mass is 10.2. The Kier molecular flexibility index (Phi) is 6.74. The summed E-state index contributed by atoms with van der Waals surface area (Å²) in [5, 5.41) is 4.32. The van der Waals surface area contributed by atoms with Gasteiger partial charge >= 0.3 is 0 Å². The van der Waals surface area contributed by atoms with Gasteiger partial charge in [0.05, 0.1) is 18.2 Å². The molecule has 3 rings (SSSR count). The summed E-state index contributed by atoms with van der Waals surface area (Å²) < 4.78 is 35.9. The Balaban J connectivity index is 1.78. The average Bonchev–Trinajstić information content (AvgIpc) is 2.73. The molecule has 0 radical (unpaired) electrons. The molecule has 0 atom stereocenters. The van der Waals surface area contributed by atoms with E-state index >= 15 is 0 Å². The van der Waals surface area contributed by atoms with Crippen LogP contribution in [0.2, 0.25) is 5.02 Å². The van der Waals surface area contributed by atoms with Gasteiger partial charge in [0.15, 0.2) is 11.5 Å². The number of para-hydroxylation sites is 1. The Hall–Kier alpha value is -3.03. The molecule has 0 spiro atoms. The first-order valence-electron chi connectivity index (χ1n) is 8.64. The monoisotopic (exact) mass is 430 g/mol. The van der Waals surface area contributed by atoms with Gasteiger partial charge in [-0.15, -0.1) is 0 Å². The van der Waals surface area contributed by atoms with Crippen LogP contribution in [0.25, 0.3) is 0 Å². The van der Waals surface area contributed by atoms with Crippen LogP contribution in [-0.4, -0.2) is 21.7 Å². The van der Waals surface area contributed by atoms with Crippen molar-refractivity contribution in [1.29, 1.82) is 0 Å². The second-order valence-corrected chi connectivity index (χ2v) is 8.06. The van der Waals surface area contributed by atoms with E-state index in [-0.39, 0.29) is 4.90 Å². The van der Waals surface area contributed by atoms with E-state index in [9.17, 15) is 8.42 Å². The highest BCUT2D eigenvalue weighted by molar-refractivity contribution is 7.89. The Labute approximate surface area is 174 Å². The Morgan fingerprint density at radius 2 is 1.72 bits per heavy atom. The SMILES string of the molecule is COc1cccc(/C=N/NS(=O)(=O)c2ccc(Cl)cc2)c1OCc1ccccc1. The van der Waals surface area contributed by atoms with Crippen molar-refractivity contribution >= 4 is 27.8 Å². The maximum atomic E-state index is 12.3. The first kappa shape index (κ1) is 20.7. The lowest BCUT2D eigenvalue weighted by molar-refractivity contribution is 0.284. The molecular formula is C21H19ClN2O4S. The fourth-order valence-corrected chi connectivity index (χ4v) is 3.43. The third-order valence-corrected chi connectivity index (χ3v) is 5.45. The summed E-state index contributed by atoms with van der Waals surface area (Å²) in [6.45, 7) is 0.332. The van der Waals surface area contributed by atoms with Crippen LogP contribution in [0.4, 0.5) is 0 Å². The highest BCUT2D eigenvalue weighted by atomic mass is 35.5. The summed E-state index contributed by atoms with van der Waals surface area (Å²) >= 11 is 5.80. The number of hydrazone groups is 1. The zero-order valence-corrected chi connectivity index (χ0v) is 17.2. The molecule has 0 amide bonds. The van der Waals surface area contributed by atoms with Gasteiger partial charge in [-0.3, -0.25) is 0 Å². The molecule has 0 aliphatic rings. The van der Waals surface area contributed by atoms with Gasteiger partial charge in [-0.1, -0.05) is 48.0 Å². The number of nitrogens with one attached hydrogen (secondary N) is 1. The molecule has 8 heteroatoms. The fourth-order valence-electron chi connectivity index (χ4n) is 2.51. The average molecular weight is 431 g/mol. The number of rotatable bonds is 8.